The van der Waals surface area contributed by atoms with Crippen LogP contribution in [0, 0.1) is 6.92 Å². The van der Waals surface area contributed by atoms with Gasteiger partial charge in [0, 0.05) is 40.5 Å². The number of hydrogen-bond donors (Lipinski definition) is 3. The summed E-state index contributed by atoms with van der Waals surface area (Å²) in [5.74, 6) is 0.652. The van der Waals surface area contributed by atoms with Crippen molar-refractivity contribution >= 4 is 41.8 Å². The summed E-state index contributed by atoms with van der Waals surface area (Å²) in [7, 11) is -1.69. The van der Waals surface area contributed by atoms with Gasteiger partial charge in [0.05, 0.1) is 5.69 Å². The van der Waals surface area contributed by atoms with Crippen LogP contribution in [0.5, 0.6) is 0 Å². The van der Waals surface area contributed by atoms with Crippen LogP contribution >= 0.6 is 0 Å². The van der Waals surface area contributed by atoms with Gasteiger partial charge >= 0.3 is 6.03 Å². The van der Waals surface area contributed by atoms with Gasteiger partial charge in [-0.3, -0.25) is 10.3 Å². The molecule has 5 rings (SSSR count). The number of hydrogen-bond acceptors (Lipinski definition) is 3. The molecule has 7 nitrogen and oxygen atoms in total. The lowest BCUT2D eigenvalue weighted by Crippen LogP contribution is -2.39. The Morgan fingerprint density at radius 1 is 1.00 bits per heavy atom. The highest BCUT2D eigenvalue weighted by molar-refractivity contribution is 6.88. The molecule has 0 saturated carbocycles. The van der Waals surface area contributed by atoms with E-state index >= 15 is 0 Å². The lowest BCUT2D eigenvalue weighted by Gasteiger charge is -2.11. The molecule has 5 aromatic rings. The van der Waals surface area contributed by atoms with E-state index in [0.717, 1.165) is 40.4 Å². The fourth-order valence-electron chi connectivity index (χ4n) is 4.29. The second-order valence-corrected chi connectivity index (χ2v) is 15.4. The van der Waals surface area contributed by atoms with E-state index in [1.807, 2.05) is 71.7 Å². The maximum Gasteiger partial charge on any atom is 0.324 e. The number of amides is 2. The van der Waals surface area contributed by atoms with Gasteiger partial charge in [-0.05, 0) is 73.4 Å². The fraction of sp³-hybridized carbons (Fsp3) is 0.207. The number of fused-ring (bicyclic) bond motifs is 1. The molecule has 0 aliphatic heterocycles. The summed E-state index contributed by atoms with van der Waals surface area (Å²) in [5.41, 5.74) is 6.28. The third kappa shape index (κ3) is 5.64. The van der Waals surface area contributed by atoms with Crippen molar-refractivity contribution in [2.75, 3.05) is 10.6 Å². The molecule has 8 heteroatoms. The Morgan fingerprint density at radius 2 is 1.81 bits per heavy atom. The summed E-state index contributed by atoms with van der Waals surface area (Å²) in [6, 6.07) is 19.8. The van der Waals surface area contributed by atoms with E-state index in [-0.39, 0.29) is 6.03 Å². The molecule has 0 spiro atoms. The predicted molar refractivity (Wildman–Crippen MR) is 154 cm³/mol. The average molecular weight is 509 g/mol. The molecule has 0 aliphatic carbocycles. The normalized spacial score (nSPS) is 11.6. The molecule has 3 N–H and O–H groups in total. The van der Waals surface area contributed by atoms with Gasteiger partial charge in [-0.25, -0.2) is 9.48 Å². The van der Waals surface area contributed by atoms with Crippen molar-refractivity contribution in [2.45, 2.75) is 39.4 Å². The molecule has 2 amide bonds. The van der Waals surface area contributed by atoms with Gasteiger partial charge in [-0.2, -0.15) is 5.10 Å². The quantitative estimate of drug-likeness (QED) is 0.235. The lowest BCUT2D eigenvalue weighted by molar-refractivity contribution is 0.262. The van der Waals surface area contributed by atoms with E-state index < -0.39 is 8.07 Å². The van der Waals surface area contributed by atoms with Crippen LogP contribution in [0.15, 0.2) is 79.3 Å². The van der Waals surface area contributed by atoms with Crippen molar-refractivity contribution in [1.29, 1.82) is 0 Å². The molecule has 0 saturated heterocycles. The molecule has 0 bridgehead atoms. The molecular weight excluding hydrogens is 476 g/mol. The molecular formula is C29H32N6OSi. The molecule has 0 atom stereocenters. The zero-order valence-electron chi connectivity index (χ0n) is 21.7. The summed E-state index contributed by atoms with van der Waals surface area (Å²) in [4.78, 5) is 20.6. The summed E-state index contributed by atoms with van der Waals surface area (Å²) in [6.07, 6.45) is 7.53. The van der Waals surface area contributed by atoms with Crippen LogP contribution in [-0.2, 0) is 12.8 Å². The van der Waals surface area contributed by atoms with E-state index in [9.17, 15) is 4.79 Å². The number of nitrogens with zero attached hydrogens (tertiary/aromatic N) is 3. The largest absolute Gasteiger partial charge is 0.361 e. The number of H-pyrrole nitrogens is 1. The number of anilines is 2. The molecule has 0 unspecified atom stereocenters. The van der Waals surface area contributed by atoms with Crippen molar-refractivity contribution in [3.63, 3.8) is 0 Å². The van der Waals surface area contributed by atoms with Gasteiger partial charge in [0.1, 0.15) is 13.9 Å². The second-order valence-electron chi connectivity index (χ2n) is 10.4. The van der Waals surface area contributed by atoms with Gasteiger partial charge in [-0.15, -0.1) is 0 Å². The second kappa shape index (κ2) is 10.1. The van der Waals surface area contributed by atoms with Crippen LogP contribution < -0.4 is 16.0 Å². The minimum absolute atomic E-state index is 0.304. The minimum atomic E-state index is -1.69. The van der Waals surface area contributed by atoms with Gasteiger partial charge < -0.3 is 10.3 Å². The zero-order chi connectivity index (χ0) is 26.0. The number of carbonyl (C=O) groups is 1. The Kier molecular flexibility index (Phi) is 6.67. The summed E-state index contributed by atoms with van der Waals surface area (Å²) in [6.45, 7) is 8.79. The maximum atomic E-state index is 13.1. The smallest absolute Gasteiger partial charge is 0.324 e. The number of aryl methyl sites for hydroxylation is 3. The number of pyridine rings is 1. The van der Waals surface area contributed by atoms with Crippen LogP contribution in [-0.4, -0.2) is 33.9 Å². The first kappa shape index (κ1) is 24.5. The van der Waals surface area contributed by atoms with Crippen molar-refractivity contribution < 1.29 is 4.79 Å². The van der Waals surface area contributed by atoms with Crippen molar-refractivity contribution in [1.82, 2.24) is 19.7 Å². The average Bonchev–Trinajstić information content (AvgIpc) is 3.48. The van der Waals surface area contributed by atoms with Crippen LogP contribution in [0.25, 0.3) is 16.6 Å². The molecule has 37 heavy (non-hydrogen) atoms. The van der Waals surface area contributed by atoms with E-state index in [1.54, 1.807) is 6.20 Å². The maximum absolute atomic E-state index is 13.1. The number of aromatic amines is 1. The standard InChI is InChI=1S/C29H32N6OSi/c1-20-7-12-24(13-8-20)35-27(17-28(34-35)37(2,3)4)33-29(36)32-23-11-14-26-25(16-23)22(19-31-26)10-9-21-6-5-15-30-18-21/h5-8,11-19,31H,9-10H2,1-4H3,(H2,32,33,36). The van der Waals surface area contributed by atoms with Crippen LogP contribution in [0.3, 0.4) is 0 Å². The van der Waals surface area contributed by atoms with E-state index in [1.165, 1.54) is 16.7 Å². The molecule has 0 aliphatic rings. The summed E-state index contributed by atoms with van der Waals surface area (Å²) < 4.78 is 1.82. The molecule has 2 aromatic carbocycles. The summed E-state index contributed by atoms with van der Waals surface area (Å²) in [5, 5.41) is 13.0. The molecule has 188 valence electrons. The molecule has 0 radical (unpaired) electrons. The SMILES string of the molecule is Cc1ccc(-n2nc([Si](C)(C)C)cc2NC(=O)Nc2ccc3[nH]cc(CCc4cccnc4)c3c2)cc1. The highest BCUT2D eigenvalue weighted by atomic mass is 28.3. The number of aromatic nitrogens is 4. The van der Waals surface area contributed by atoms with Crippen molar-refractivity contribution in [2.24, 2.45) is 0 Å². The monoisotopic (exact) mass is 508 g/mol. The molecule has 0 fully saturated rings. The number of rotatable bonds is 7. The highest BCUT2D eigenvalue weighted by Gasteiger charge is 2.23. The minimum Gasteiger partial charge on any atom is -0.361 e. The van der Waals surface area contributed by atoms with Crippen LogP contribution in [0.1, 0.15) is 16.7 Å². The van der Waals surface area contributed by atoms with E-state index in [0.29, 0.717) is 5.82 Å². The Bertz CT molecular complexity index is 1530. The van der Waals surface area contributed by atoms with Crippen LogP contribution in [0.2, 0.25) is 19.6 Å². The third-order valence-electron chi connectivity index (χ3n) is 6.43. The van der Waals surface area contributed by atoms with Gasteiger partial charge in [0.15, 0.2) is 0 Å². The van der Waals surface area contributed by atoms with E-state index in [4.69, 9.17) is 5.10 Å². The summed E-state index contributed by atoms with van der Waals surface area (Å²) >= 11 is 0. The first-order valence-electron chi connectivity index (χ1n) is 12.5. The Hall–Kier alpha value is -4.17. The topological polar surface area (TPSA) is 87.6 Å². The first-order chi connectivity index (χ1) is 17.8. The van der Waals surface area contributed by atoms with Crippen LogP contribution in [0.4, 0.5) is 16.3 Å². The Morgan fingerprint density at radius 3 is 2.54 bits per heavy atom. The van der Waals surface area contributed by atoms with Crippen molar-refractivity contribution in [3.05, 3.63) is 95.9 Å². The molecule has 3 heterocycles. The predicted octanol–water partition coefficient (Wildman–Crippen LogP) is 6.03. The van der Waals surface area contributed by atoms with Crippen molar-refractivity contribution in [3.8, 4) is 5.69 Å². The van der Waals surface area contributed by atoms with E-state index in [2.05, 4.69) is 53.2 Å². The Balaban J connectivity index is 1.35. The first-order valence-corrected chi connectivity index (χ1v) is 16.0. The van der Waals surface area contributed by atoms with Gasteiger partial charge in [0.25, 0.3) is 0 Å². The lowest BCUT2D eigenvalue weighted by atomic mass is 10.0. The highest BCUT2D eigenvalue weighted by Crippen LogP contribution is 2.24. The number of carbonyl (C=O) groups excluding carboxylic acids is 1. The van der Waals surface area contributed by atoms with Gasteiger partial charge in [0.2, 0.25) is 0 Å². The number of nitrogens with one attached hydrogen (secondary N) is 3. The van der Waals surface area contributed by atoms with Gasteiger partial charge in [-0.1, -0.05) is 43.4 Å². The Labute approximate surface area is 218 Å². The molecule has 3 aromatic heterocycles. The third-order valence-corrected chi connectivity index (χ3v) is 8.21. The number of urea groups is 1. The number of benzene rings is 2. The zero-order valence-corrected chi connectivity index (χ0v) is 22.7. The fourth-order valence-corrected chi connectivity index (χ4v) is 5.26.